The molecule has 29 heavy (non-hydrogen) atoms. The molecular weight excluding hydrogens is 438 g/mol. The van der Waals surface area contributed by atoms with Gasteiger partial charge in [0.25, 0.3) is 5.56 Å². The van der Waals surface area contributed by atoms with Crippen LogP contribution in [0.4, 0.5) is 0 Å². The Hall–Kier alpha value is -2.62. The number of nitrogens with one attached hydrogen (secondary N) is 1. The van der Waals surface area contributed by atoms with Crippen molar-refractivity contribution in [1.82, 2.24) is 24.8 Å². The van der Waals surface area contributed by atoms with Crippen LogP contribution in [0.1, 0.15) is 17.4 Å². The minimum atomic E-state index is -0.254. The standard InChI is InChI=1S/C20H20BrN5O3/c1-28-18-3-2-14(21)8-13(18)10-23-17-11-29-7-6-26-19(27)9-16(25-20(17)26)15-4-5-22-12-24-15/h2-5,8-9,12,17,23H,6-7,10-11H2,1H3. The summed E-state index contributed by atoms with van der Waals surface area (Å²) in [5, 5.41) is 3.46. The molecule has 1 aliphatic heterocycles. The van der Waals surface area contributed by atoms with Gasteiger partial charge >= 0.3 is 0 Å². The Morgan fingerprint density at radius 2 is 2.21 bits per heavy atom. The molecule has 2 aromatic heterocycles. The Labute approximate surface area is 176 Å². The van der Waals surface area contributed by atoms with Crippen molar-refractivity contribution in [2.45, 2.75) is 19.1 Å². The van der Waals surface area contributed by atoms with Gasteiger partial charge < -0.3 is 14.8 Å². The number of hydrogen-bond acceptors (Lipinski definition) is 7. The van der Waals surface area contributed by atoms with E-state index >= 15 is 0 Å². The number of hydrogen-bond donors (Lipinski definition) is 1. The summed E-state index contributed by atoms with van der Waals surface area (Å²) in [5.74, 6) is 1.42. The number of benzene rings is 1. The smallest absolute Gasteiger partial charge is 0.254 e. The number of methoxy groups -OCH3 is 1. The predicted octanol–water partition coefficient (Wildman–Crippen LogP) is 2.33. The lowest BCUT2D eigenvalue weighted by molar-refractivity contribution is 0.117. The summed E-state index contributed by atoms with van der Waals surface area (Å²) in [7, 11) is 1.64. The molecule has 1 aliphatic rings. The summed E-state index contributed by atoms with van der Waals surface area (Å²) < 4.78 is 13.8. The average Bonchev–Trinajstić information content (AvgIpc) is 2.95. The Bertz CT molecular complexity index is 1060. The lowest BCUT2D eigenvalue weighted by Crippen LogP contribution is -2.32. The van der Waals surface area contributed by atoms with E-state index in [0.29, 0.717) is 43.5 Å². The molecule has 1 atom stereocenters. The molecule has 3 aromatic rings. The van der Waals surface area contributed by atoms with Crippen LogP contribution < -0.4 is 15.6 Å². The highest BCUT2D eigenvalue weighted by molar-refractivity contribution is 9.10. The molecule has 8 nitrogen and oxygen atoms in total. The first-order valence-corrected chi connectivity index (χ1v) is 9.96. The maximum atomic E-state index is 12.7. The highest BCUT2D eigenvalue weighted by Crippen LogP contribution is 2.24. The van der Waals surface area contributed by atoms with Crippen molar-refractivity contribution in [3.8, 4) is 17.1 Å². The second-order valence-electron chi connectivity index (χ2n) is 6.55. The van der Waals surface area contributed by atoms with E-state index in [0.717, 1.165) is 15.8 Å². The largest absolute Gasteiger partial charge is 0.496 e. The van der Waals surface area contributed by atoms with Gasteiger partial charge in [-0.1, -0.05) is 15.9 Å². The zero-order valence-electron chi connectivity index (χ0n) is 15.8. The summed E-state index contributed by atoms with van der Waals surface area (Å²) in [6, 6.07) is 8.83. The molecule has 3 heterocycles. The van der Waals surface area contributed by atoms with Gasteiger partial charge in [-0.2, -0.15) is 0 Å². The van der Waals surface area contributed by atoms with Gasteiger partial charge in [0.05, 0.1) is 44.3 Å². The Morgan fingerprint density at radius 3 is 3.00 bits per heavy atom. The zero-order chi connectivity index (χ0) is 20.2. The van der Waals surface area contributed by atoms with E-state index in [1.54, 1.807) is 23.9 Å². The van der Waals surface area contributed by atoms with Crippen LogP contribution in [0.25, 0.3) is 11.4 Å². The topological polar surface area (TPSA) is 91.2 Å². The normalized spacial score (nSPS) is 16.1. The van der Waals surface area contributed by atoms with E-state index in [9.17, 15) is 4.79 Å². The predicted molar refractivity (Wildman–Crippen MR) is 111 cm³/mol. The van der Waals surface area contributed by atoms with Crippen molar-refractivity contribution in [1.29, 1.82) is 0 Å². The fourth-order valence-electron chi connectivity index (χ4n) is 3.29. The first-order valence-electron chi connectivity index (χ1n) is 9.17. The molecule has 0 saturated carbocycles. The lowest BCUT2D eigenvalue weighted by atomic mass is 10.1. The molecule has 9 heteroatoms. The first-order chi connectivity index (χ1) is 14.2. The SMILES string of the molecule is COc1ccc(Br)cc1CNC1COCCn2c1nc(-c1ccncn1)cc2=O. The Kier molecular flexibility index (Phi) is 5.98. The van der Waals surface area contributed by atoms with Gasteiger partial charge in [0.2, 0.25) is 0 Å². The molecule has 1 aromatic carbocycles. The van der Waals surface area contributed by atoms with Crippen molar-refractivity contribution in [3.05, 3.63) is 69.1 Å². The van der Waals surface area contributed by atoms with Crippen molar-refractivity contribution < 1.29 is 9.47 Å². The number of fused-ring (bicyclic) bond motifs is 1. The van der Waals surface area contributed by atoms with Crippen LogP contribution in [0.15, 0.2) is 52.1 Å². The number of ether oxygens (including phenoxy) is 2. The molecule has 0 aliphatic carbocycles. The number of nitrogens with zero attached hydrogens (tertiary/aromatic N) is 4. The van der Waals surface area contributed by atoms with Crippen molar-refractivity contribution in [2.75, 3.05) is 20.3 Å². The highest BCUT2D eigenvalue weighted by atomic mass is 79.9. The molecule has 0 saturated heterocycles. The van der Waals surface area contributed by atoms with E-state index in [-0.39, 0.29) is 11.6 Å². The maximum absolute atomic E-state index is 12.7. The van der Waals surface area contributed by atoms with E-state index in [1.165, 1.54) is 12.4 Å². The molecule has 0 spiro atoms. The second kappa shape index (κ2) is 8.81. The number of halogens is 1. The minimum Gasteiger partial charge on any atom is -0.496 e. The summed E-state index contributed by atoms with van der Waals surface area (Å²) in [5.41, 5.74) is 2.00. The van der Waals surface area contributed by atoms with Gasteiger partial charge in [-0.05, 0) is 24.3 Å². The van der Waals surface area contributed by atoms with Crippen LogP contribution in [0, 0.1) is 0 Å². The minimum absolute atomic E-state index is 0.124. The Balaban J connectivity index is 1.67. The third kappa shape index (κ3) is 4.36. The summed E-state index contributed by atoms with van der Waals surface area (Å²) in [6.07, 6.45) is 3.07. The van der Waals surface area contributed by atoms with Gasteiger partial charge in [-0.25, -0.2) is 15.0 Å². The summed E-state index contributed by atoms with van der Waals surface area (Å²) in [6.45, 7) is 1.86. The van der Waals surface area contributed by atoms with E-state index in [2.05, 4.69) is 31.2 Å². The monoisotopic (exact) mass is 457 g/mol. The van der Waals surface area contributed by atoms with Crippen molar-refractivity contribution in [2.24, 2.45) is 0 Å². The van der Waals surface area contributed by atoms with Crippen LogP contribution in [0.5, 0.6) is 5.75 Å². The van der Waals surface area contributed by atoms with Gasteiger partial charge in [-0.3, -0.25) is 9.36 Å². The van der Waals surface area contributed by atoms with Crippen LogP contribution in [-0.4, -0.2) is 39.8 Å². The fourth-order valence-corrected chi connectivity index (χ4v) is 3.70. The summed E-state index contributed by atoms with van der Waals surface area (Å²) in [4.78, 5) is 25.6. The van der Waals surface area contributed by atoms with Gasteiger partial charge in [0.1, 0.15) is 17.9 Å². The Morgan fingerprint density at radius 1 is 1.31 bits per heavy atom. The third-order valence-corrected chi connectivity index (χ3v) is 5.21. The van der Waals surface area contributed by atoms with Crippen LogP contribution in [0.3, 0.4) is 0 Å². The lowest BCUT2D eigenvalue weighted by Gasteiger charge is -2.20. The van der Waals surface area contributed by atoms with Gasteiger partial charge in [0, 0.05) is 28.8 Å². The van der Waals surface area contributed by atoms with E-state index in [1.807, 2.05) is 18.2 Å². The second-order valence-corrected chi connectivity index (χ2v) is 7.46. The molecule has 1 unspecified atom stereocenters. The molecule has 0 fully saturated rings. The number of rotatable bonds is 5. The quantitative estimate of drug-likeness (QED) is 0.628. The van der Waals surface area contributed by atoms with E-state index < -0.39 is 0 Å². The van der Waals surface area contributed by atoms with Crippen LogP contribution in [-0.2, 0) is 17.8 Å². The van der Waals surface area contributed by atoms with Crippen LogP contribution >= 0.6 is 15.9 Å². The fraction of sp³-hybridized carbons (Fsp3) is 0.300. The van der Waals surface area contributed by atoms with Crippen LogP contribution in [0.2, 0.25) is 0 Å². The average molecular weight is 458 g/mol. The van der Waals surface area contributed by atoms with Gasteiger partial charge in [0.15, 0.2) is 0 Å². The molecule has 150 valence electrons. The first kappa shape index (κ1) is 19.7. The molecule has 0 bridgehead atoms. The molecule has 1 N–H and O–H groups in total. The summed E-state index contributed by atoms with van der Waals surface area (Å²) >= 11 is 3.50. The van der Waals surface area contributed by atoms with Crippen molar-refractivity contribution in [3.63, 3.8) is 0 Å². The van der Waals surface area contributed by atoms with E-state index in [4.69, 9.17) is 14.5 Å². The molecule has 0 radical (unpaired) electrons. The van der Waals surface area contributed by atoms with Crippen molar-refractivity contribution >= 4 is 15.9 Å². The molecule has 4 rings (SSSR count). The zero-order valence-corrected chi connectivity index (χ0v) is 17.4. The third-order valence-electron chi connectivity index (χ3n) is 4.72. The highest BCUT2D eigenvalue weighted by Gasteiger charge is 2.23. The molecular formula is C20H20BrN5O3. The maximum Gasteiger partial charge on any atom is 0.254 e. The number of aromatic nitrogens is 4. The molecule has 0 amide bonds. The van der Waals surface area contributed by atoms with Gasteiger partial charge in [-0.15, -0.1) is 0 Å².